The zero-order valence-electron chi connectivity index (χ0n) is 16.0. The van der Waals surface area contributed by atoms with Crippen molar-refractivity contribution in [1.82, 2.24) is 4.90 Å². The number of benzene rings is 2. The average molecular weight is 420 g/mol. The number of ether oxygens (including phenoxy) is 1. The predicted molar refractivity (Wildman–Crippen MR) is 112 cm³/mol. The Morgan fingerprint density at radius 1 is 1.25 bits per heavy atom. The molecule has 0 aliphatic heterocycles. The highest BCUT2D eigenvalue weighted by Gasteiger charge is 2.25. The number of phenols is 1. The zero-order chi connectivity index (χ0) is 20.3. The van der Waals surface area contributed by atoms with E-state index in [1.807, 2.05) is 49.3 Å². The first-order chi connectivity index (χ1) is 13.4. The summed E-state index contributed by atoms with van der Waals surface area (Å²) < 4.78 is 10.8. The molecular weight excluding hydrogens is 398 g/mol. The molecule has 0 unspecified atom stereocenters. The third-order valence-electron chi connectivity index (χ3n) is 4.20. The normalized spacial score (nSPS) is 11.3. The molecule has 1 heterocycles. The summed E-state index contributed by atoms with van der Waals surface area (Å²) in [5.41, 5.74) is 1.86. The third-order valence-corrected chi connectivity index (χ3v) is 5.55. The standard InChI is InChI=1S/C21H22ClNO4S/c1-4-26-21(25)14-10-17-18(19(24)15(14)11-23(2)3)16(20(22)27-17)12-28-13-8-6-5-7-9-13/h5-10,24H,4,11-12H2,1-3H3. The lowest BCUT2D eigenvalue weighted by atomic mass is 10.0. The van der Waals surface area contributed by atoms with Crippen molar-refractivity contribution in [2.45, 2.75) is 24.1 Å². The highest BCUT2D eigenvalue weighted by molar-refractivity contribution is 7.98. The summed E-state index contributed by atoms with van der Waals surface area (Å²) in [5, 5.41) is 11.8. The van der Waals surface area contributed by atoms with Crippen LogP contribution < -0.4 is 0 Å². The average Bonchev–Trinajstić information content (AvgIpc) is 2.98. The molecule has 0 atom stereocenters. The number of furan rings is 1. The first kappa shape index (κ1) is 20.6. The fraction of sp³-hybridized carbons (Fsp3) is 0.286. The van der Waals surface area contributed by atoms with Gasteiger partial charge in [-0.05, 0) is 50.8 Å². The molecule has 0 saturated carbocycles. The number of hydrogen-bond acceptors (Lipinski definition) is 6. The van der Waals surface area contributed by atoms with Gasteiger partial charge in [0.25, 0.3) is 0 Å². The number of hydrogen-bond donors (Lipinski definition) is 1. The van der Waals surface area contributed by atoms with Gasteiger partial charge in [0.1, 0.15) is 11.3 Å². The predicted octanol–water partition coefficient (Wildman–Crippen LogP) is 5.32. The number of fused-ring (bicyclic) bond motifs is 1. The third kappa shape index (κ3) is 4.29. The molecule has 0 fully saturated rings. The van der Waals surface area contributed by atoms with Crippen LogP contribution in [-0.4, -0.2) is 36.7 Å². The number of halogens is 1. The first-order valence-corrected chi connectivity index (χ1v) is 10.2. The molecule has 0 spiro atoms. The van der Waals surface area contributed by atoms with Crippen molar-refractivity contribution in [2.75, 3.05) is 20.7 Å². The first-order valence-electron chi connectivity index (χ1n) is 8.87. The Balaban J connectivity index is 2.08. The summed E-state index contributed by atoms with van der Waals surface area (Å²) in [6.45, 7) is 2.37. The van der Waals surface area contributed by atoms with Gasteiger partial charge in [-0.15, -0.1) is 11.8 Å². The molecule has 0 bridgehead atoms. The fourth-order valence-electron chi connectivity index (χ4n) is 2.98. The summed E-state index contributed by atoms with van der Waals surface area (Å²) in [5.74, 6) is 0.0432. The second-order valence-corrected chi connectivity index (χ2v) is 7.93. The van der Waals surface area contributed by atoms with Gasteiger partial charge in [-0.25, -0.2) is 4.79 Å². The lowest BCUT2D eigenvalue weighted by Gasteiger charge is -2.16. The molecule has 0 aliphatic rings. The van der Waals surface area contributed by atoms with E-state index < -0.39 is 5.97 Å². The molecule has 28 heavy (non-hydrogen) atoms. The van der Waals surface area contributed by atoms with E-state index in [0.717, 1.165) is 4.90 Å². The Labute approximate surface area is 173 Å². The maximum atomic E-state index is 12.4. The minimum atomic E-state index is -0.496. The maximum absolute atomic E-state index is 12.4. The molecule has 148 valence electrons. The molecule has 1 aromatic heterocycles. The molecule has 7 heteroatoms. The van der Waals surface area contributed by atoms with E-state index in [4.69, 9.17) is 20.8 Å². The topological polar surface area (TPSA) is 62.9 Å². The van der Waals surface area contributed by atoms with E-state index >= 15 is 0 Å². The Kier molecular flexibility index (Phi) is 6.54. The van der Waals surface area contributed by atoms with Crippen LogP contribution in [0.1, 0.15) is 28.4 Å². The fourth-order valence-corrected chi connectivity index (χ4v) is 4.24. The molecule has 1 N–H and O–H groups in total. The number of phenolic OH excluding ortho intramolecular Hbond substituents is 1. The van der Waals surface area contributed by atoms with E-state index in [-0.39, 0.29) is 23.1 Å². The number of carbonyl (C=O) groups is 1. The lowest BCUT2D eigenvalue weighted by Crippen LogP contribution is -2.16. The number of rotatable bonds is 7. The van der Waals surface area contributed by atoms with Crippen molar-refractivity contribution >= 4 is 40.3 Å². The number of esters is 1. The van der Waals surface area contributed by atoms with Crippen LogP contribution in [0.5, 0.6) is 5.75 Å². The van der Waals surface area contributed by atoms with Crippen LogP contribution >= 0.6 is 23.4 Å². The second-order valence-electron chi connectivity index (χ2n) is 6.54. The molecule has 5 nitrogen and oxygen atoms in total. The molecule has 3 aromatic rings. The van der Waals surface area contributed by atoms with E-state index in [0.29, 0.717) is 34.4 Å². The largest absolute Gasteiger partial charge is 0.507 e. The van der Waals surface area contributed by atoms with E-state index in [1.54, 1.807) is 24.8 Å². The number of thioether (sulfide) groups is 1. The Hall–Kier alpha value is -2.15. The highest BCUT2D eigenvalue weighted by atomic mass is 35.5. The lowest BCUT2D eigenvalue weighted by molar-refractivity contribution is 0.0524. The molecule has 0 radical (unpaired) electrons. The zero-order valence-corrected chi connectivity index (χ0v) is 17.6. The van der Waals surface area contributed by atoms with Crippen molar-refractivity contribution in [2.24, 2.45) is 0 Å². The van der Waals surface area contributed by atoms with Crippen molar-refractivity contribution in [1.29, 1.82) is 0 Å². The van der Waals surface area contributed by atoms with Crippen LogP contribution in [0.4, 0.5) is 0 Å². The van der Waals surface area contributed by atoms with Crippen molar-refractivity contribution in [3.8, 4) is 5.75 Å². The van der Waals surface area contributed by atoms with Gasteiger partial charge in [0, 0.05) is 28.3 Å². The summed E-state index contributed by atoms with van der Waals surface area (Å²) in [7, 11) is 3.74. The molecule has 3 rings (SSSR count). The van der Waals surface area contributed by atoms with Gasteiger partial charge in [-0.1, -0.05) is 18.2 Å². The van der Waals surface area contributed by atoms with Crippen LogP contribution in [0.2, 0.25) is 5.22 Å². The molecule has 2 aromatic carbocycles. The SMILES string of the molecule is CCOC(=O)c1cc2oc(Cl)c(CSc3ccccc3)c2c(O)c1CN(C)C. The van der Waals surface area contributed by atoms with Gasteiger partial charge >= 0.3 is 5.97 Å². The van der Waals surface area contributed by atoms with Crippen molar-refractivity contribution in [3.63, 3.8) is 0 Å². The smallest absolute Gasteiger partial charge is 0.338 e. The Morgan fingerprint density at radius 3 is 2.61 bits per heavy atom. The van der Waals surface area contributed by atoms with Crippen LogP contribution in [-0.2, 0) is 17.0 Å². The van der Waals surface area contributed by atoms with Crippen molar-refractivity contribution in [3.05, 3.63) is 58.3 Å². The Bertz CT molecular complexity index is 985. The minimum Gasteiger partial charge on any atom is -0.507 e. The van der Waals surface area contributed by atoms with Crippen LogP contribution in [0, 0.1) is 0 Å². The van der Waals surface area contributed by atoms with E-state index in [1.165, 1.54) is 0 Å². The molecule has 0 aliphatic carbocycles. The van der Waals surface area contributed by atoms with Crippen LogP contribution in [0.25, 0.3) is 11.0 Å². The number of carbonyl (C=O) groups excluding carboxylic acids is 1. The minimum absolute atomic E-state index is 0.00793. The van der Waals surface area contributed by atoms with E-state index in [2.05, 4.69) is 0 Å². The second kappa shape index (κ2) is 8.90. The van der Waals surface area contributed by atoms with Gasteiger partial charge in [0.05, 0.1) is 17.6 Å². The van der Waals surface area contributed by atoms with Gasteiger partial charge in [-0.2, -0.15) is 0 Å². The van der Waals surface area contributed by atoms with E-state index in [9.17, 15) is 9.90 Å². The van der Waals surface area contributed by atoms with Gasteiger partial charge < -0.3 is 19.2 Å². The van der Waals surface area contributed by atoms with Crippen LogP contribution in [0.15, 0.2) is 45.7 Å². The number of aromatic hydroxyl groups is 1. The maximum Gasteiger partial charge on any atom is 0.338 e. The van der Waals surface area contributed by atoms with Crippen LogP contribution in [0.3, 0.4) is 0 Å². The molecular formula is C21H22ClNO4S. The van der Waals surface area contributed by atoms with Gasteiger partial charge in [-0.3, -0.25) is 0 Å². The van der Waals surface area contributed by atoms with Crippen molar-refractivity contribution < 1.29 is 19.1 Å². The summed E-state index contributed by atoms with van der Waals surface area (Å²) in [6.07, 6.45) is 0. The Morgan fingerprint density at radius 2 is 1.96 bits per heavy atom. The highest BCUT2D eigenvalue weighted by Crippen LogP contribution is 2.42. The quantitative estimate of drug-likeness (QED) is 0.413. The molecule has 0 amide bonds. The van der Waals surface area contributed by atoms with Gasteiger partial charge in [0.2, 0.25) is 0 Å². The molecule has 0 saturated heterocycles. The summed E-state index contributed by atoms with van der Waals surface area (Å²) in [6, 6.07) is 11.5. The monoisotopic (exact) mass is 419 g/mol. The summed E-state index contributed by atoms with van der Waals surface area (Å²) >= 11 is 7.94. The summed E-state index contributed by atoms with van der Waals surface area (Å²) in [4.78, 5) is 15.4. The number of nitrogens with zero attached hydrogens (tertiary/aromatic N) is 1. The van der Waals surface area contributed by atoms with Gasteiger partial charge in [0.15, 0.2) is 5.22 Å².